The molecule has 2 nitrogen and oxygen atoms in total. The van der Waals surface area contributed by atoms with Gasteiger partial charge >= 0.3 is 0 Å². The van der Waals surface area contributed by atoms with Crippen molar-refractivity contribution in [1.29, 1.82) is 0 Å². The molecule has 1 aromatic carbocycles. The lowest BCUT2D eigenvalue weighted by Gasteiger charge is -2.05. The third-order valence-electron chi connectivity index (χ3n) is 1.78. The van der Waals surface area contributed by atoms with E-state index in [1.165, 1.54) is 0 Å². The van der Waals surface area contributed by atoms with Gasteiger partial charge < -0.3 is 5.11 Å². The zero-order valence-corrected chi connectivity index (χ0v) is 8.97. The highest BCUT2D eigenvalue weighted by Gasteiger charge is 2.04. The molecule has 0 unspecified atom stereocenters. The minimum atomic E-state index is -0.0180. The Hall–Kier alpha value is -0.670. The Kier molecular flexibility index (Phi) is 3.63. The summed E-state index contributed by atoms with van der Waals surface area (Å²) in [5, 5.41) is 9.00. The summed E-state index contributed by atoms with van der Waals surface area (Å²) in [7, 11) is 0. The van der Waals surface area contributed by atoms with E-state index in [-0.39, 0.29) is 12.4 Å². The van der Waals surface area contributed by atoms with Crippen molar-refractivity contribution >= 4 is 21.7 Å². The van der Waals surface area contributed by atoms with Crippen molar-refractivity contribution in [2.75, 3.05) is 0 Å². The molecule has 0 fully saturated rings. The largest absolute Gasteiger partial charge is 0.392 e. The van der Waals surface area contributed by atoms with Crippen molar-refractivity contribution in [3.05, 3.63) is 33.8 Å². The summed E-state index contributed by atoms with van der Waals surface area (Å²) in [5.41, 5.74) is 1.71. The van der Waals surface area contributed by atoms with Gasteiger partial charge in [0.25, 0.3) is 0 Å². The van der Waals surface area contributed by atoms with Crippen LogP contribution in [0.2, 0.25) is 0 Å². The first-order chi connectivity index (χ1) is 6.13. The monoisotopic (exact) mass is 242 g/mol. The lowest BCUT2D eigenvalue weighted by molar-refractivity contribution is -0.116. The molecule has 0 spiro atoms. The zero-order chi connectivity index (χ0) is 9.84. The van der Waals surface area contributed by atoms with Gasteiger partial charge in [0, 0.05) is 10.9 Å². The van der Waals surface area contributed by atoms with Crippen LogP contribution in [0.5, 0.6) is 0 Å². The van der Waals surface area contributed by atoms with Crippen molar-refractivity contribution in [2.45, 2.75) is 20.0 Å². The molecule has 0 saturated heterocycles. The van der Waals surface area contributed by atoms with Crippen LogP contribution in [0.1, 0.15) is 18.1 Å². The average Bonchev–Trinajstić information content (AvgIpc) is 2.03. The third kappa shape index (κ3) is 2.94. The second-order valence-electron chi connectivity index (χ2n) is 2.95. The summed E-state index contributed by atoms with van der Waals surface area (Å²) in [6.07, 6.45) is 0.384. The van der Waals surface area contributed by atoms with Gasteiger partial charge in [-0.05, 0) is 30.2 Å². The maximum Gasteiger partial charge on any atom is 0.134 e. The summed E-state index contributed by atoms with van der Waals surface area (Å²) in [4.78, 5) is 10.9. The Morgan fingerprint density at radius 1 is 1.46 bits per heavy atom. The molecular formula is C10H11BrO2. The molecule has 3 heteroatoms. The normalized spacial score (nSPS) is 10.1. The van der Waals surface area contributed by atoms with Crippen LogP contribution in [0.4, 0.5) is 0 Å². The standard InChI is InChI=1S/C10H11BrO2/c1-7(13)4-9-5-10(11)3-2-8(9)6-12/h2-3,5,12H,4,6H2,1H3. The van der Waals surface area contributed by atoms with E-state index in [0.29, 0.717) is 6.42 Å². The number of aliphatic hydroxyl groups excluding tert-OH is 1. The lowest BCUT2D eigenvalue weighted by atomic mass is 10.0. The maximum absolute atomic E-state index is 10.9. The summed E-state index contributed by atoms with van der Waals surface area (Å²) in [6, 6.07) is 5.55. The lowest BCUT2D eigenvalue weighted by Crippen LogP contribution is -2.00. The van der Waals surface area contributed by atoms with E-state index in [1.807, 2.05) is 18.2 Å². The third-order valence-corrected chi connectivity index (χ3v) is 2.27. The van der Waals surface area contributed by atoms with E-state index < -0.39 is 0 Å². The fourth-order valence-corrected chi connectivity index (χ4v) is 1.59. The average molecular weight is 243 g/mol. The Labute approximate surface area is 85.7 Å². The molecule has 0 heterocycles. The molecule has 0 amide bonds. The summed E-state index contributed by atoms with van der Waals surface area (Å²) >= 11 is 3.32. The summed E-state index contributed by atoms with van der Waals surface area (Å²) < 4.78 is 0.931. The van der Waals surface area contributed by atoms with E-state index >= 15 is 0 Å². The molecule has 0 aliphatic rings. The van der Waals surface area contributed by atoms with Gasteiger partial charge in [0.1, 0.15) is 5.78 Å². The predicted molar refractivity (Wildman–Crippen MR) is 54.4 cm³/mol. The first kappa shape index (κ1) is 10.4. The number of hydrogen-bond acceptors (Lipinski definition) is 2. The van der Waals surface area contributed by atoms with Crippen LogP contribution in [-0.2, 0) is 17.8 Å². The molecule has 1 rings (SSSR count). The number of carbonyl (C=O) groups is 1. The van der Waals surface area contributed by atoms with Crippen LogP contribution in [-0.4, -0.2) is 10.9 Å². The van der Waals surface area contributed by atoms with Crippen molar-refractivity contribution in [2.24, 2.45) is 0 Å². The van der Waals surface area contributed by atoms with Gasteiger partial charge in [0.05, 0.1) is 6.61 Å². The van der Waals surface area contributed by atoms with E-state index in [4.69, 9.17) is 5.11 Å². The smallest absolute Gasteiger partial charge is 0.134 e. The van der Waals surface area contributed by atoms with Crippen molar-refractivity contribution in [3.63, 3.8) is 0 Å². The van der Waals surface area contributed by atoms with Gasteiger partial charge in [-0.3, -0.25) is 4.79 Å². The van der Waals surface area contributed by atoms with Gasteiger partial charge in [0.2, 0.25) is 0 Å². The molecular weight excluding hydrogens is 232 g/mol. The Bertz CT molecular complexity index is 321. The minimum absolute atomic E-state index is 0.0180. The number of aliphatic hydroxyl groups is 1. The second-order valence-corrected chi connectivity index (χ2v) is 3.87. The topological polar surface area (TPSA) is 37.3 Å². The van der Waals surface area contributed by atoms with Crippen LogP contribution in [0, 0.1) is 0 Å². The van der Waals surface area contributed by atoms with Crippen molar-refractivity contribution in [1.82, 2.24) is 0 Å². The molecule has 0 bridgehead atoms. The quantitative estimate of drug-likeness (QED) is 0.882. The van der Waals surface area contributed by atoms with Crippen LogP contribution >= 0.6 is 15.9 Å². The van der Waals surface area contributed by atoms with E-state index in [9.17, 15) is 4.79 Å². The van der Waals surface area contributed by atoms with Gasteiger partial charge in [-0.15, -0.1) is 0 Å². The van der Waals surface area contributed by atoms with Gasteiger partial charge in [-0.2, -0.15) is 0 Å². The Morgan fingerprint density at radius 3 is 2.69 bits per heavy atom. The number of halogens is 1. The van der Waals surface area contributed by atoms with E-state index in [1.54, 1.807) is 6.92 Å². The van der Waals surface area contributed by atoms with Gasteiger partial charge in [0.15, 0.2) is 0 Å². The van der Waals surface area contributed by atoms with Crippen molar-refractivity contribution in [3.8, 4) is 0 Å². The molecule has 0 aliphatic heterocycles. The first-order valence-corrected chi connectivity index (χ1v) is 4.80. The van der Waals surface area contributed by atoms with Gasteiger partial charge in [-0.25, -0.2) is 0 Å². The van der Waals surface area contributed by atoms with Crippen LogP contribution < -0.4 is 0 Å². The number of Topliss-reactive ketones (excluding diaryl/α,β-unsaturated/α-hetero) is 1. The fraction of sp³-hybridized carbons (Fsp3) is 0.300. The molecule has 0 aromatic heterocycles. The molecule has 0 atom stereocenters. The predicted octanol–water partition coefficient (Wildman–Crippen LogP) is 2.07. The molecule has 70 valence electrons. The Morgan fingerprint density at radius 2 is 2.15 bits per heavy atom. The number of rotatable bonds is 3. The minimum Gasteiger partial charge on any atom is -0.392 e. The fourth-order valence-electron chi connectivity index (χ4n) is 1.18. The molecule has 1 aromatic rings. The molecule has 1 N–H and O–H groups in total. The highest BCUT2D eigenvalue weighted by atomic mass is 79.9. The number of hydrogen-bond donors (Lipinski definition) is 1. The highest BCUT2D eigenvalue weighted by molar-refractivity contribution is 9.10. The van der Waals surface area contributed by atoms with Crippen LogP contribution in [0.15, 0.2) is 22.7 Å². The Balaban J connectivity index is 3.01. The van der Waals surface area contributed by atoms with Crippen LogP contribution in [0.25, 0.3) is 0 Å². The van der Waals surface area contributed by atoms with Crippen LogP contribution in [0.3, 0.4) is 0 Å². The second kappa shape index (κ2) is 4.53. The number of carbonyl (C=O) groups excluding carboxylic acids is 1. The molecule has 0 radical (unpaired) electrons. The maximum atomic E-state index is 10.9. The number of benzene rings is 1. The van der Waals surface area contributed by atoms with E-state index in [0.717, 1.165) is 15.6 Å². The van der Waals surface area contributed by atoms with Gasteiger partial charge in [-0.1, -0.05) is 22.0 Å². The number of ketones is 1. The molecule has 13 heavy (non-hydrogen) atoms. The first-order valence-electron chi connectivity index (χ1n) is 4.01. The molecule has 0 aliphatic carbocycles. The van der Waals surface area contributed by atoms with Crippen molar-refractivity contribution < 1.29 is 9.90 Å². The summed E-state index contributed by atoms with van der Waals surface area (Å²) in [6.45, 7) is 1.53. The SMILES string of the molecule is CC(=O)Cc1cc(Br)ccc1CO. The zero-order valence-electron chi connectivity index (χ0n) is 7.38. The molecule has 0 saturated carbocycles. The van der Waals surface area contributed by atoms with E-state index in [2.05, 4.69) is 15.9 Å². The summed E-state index contributed by atoms with van der Waals surface area (Å²) in [5.74, 6) is 0.104. The highest BCUT2D eigenvalue weighted by Crippen LogP contribution is 2.17.